The zero-order chi connectivity index (χ0) is 14.8. The van der Waals surface area contributed by atoms with Gasteiger partial charge in [-0.25, -0.2) is 4.79 Å². The molecule has 0 aromatic carbocycles. The Morgan fingerprint density at radius 3 is 1.89 bits per heavy atom. The summed E-state index contributed by atoms with van der Waals surface area (Å²) in [6, 6.07) is 0. The molecule has 0 fully saturated rings. The van der Waals surface area contributed by atoms with Crippen LogP contribution < -0.4 is 11.2 Å². The number of aromatic amines is 2. The molecule has 4 N–H and O–H groups in total. The van der Waals surface area contributed by atoms with Crippen molar-refractivity contribution in [2.24, 2.45) is 0 Å². The molecule has 0 bridgehead atoms. The maximum absolute atomic E-state index is 12.0. The fourth-order valence-corrected chi connectivity index (χ4v) is 0.946. The molecule has 0 aliphatic heterocycles. The molecule has 19 heavy (non-hydrogen) atoms. The molecular formula is C10H13FN2O6. The van der Waals surface area contributed by atoms with E-state index in [0.717, 1.165) is 0 Å². The van der Waals surface area contributed by atoms with Gasteiger partial charge in [-0.05, 0) is 12.8 Å². The lowest BCUT2D eigenvalue weighted by Gasteiger charge is -1.92. The Balaban J connectivity index is 0.000000342. The maximum Gasteiger partial charge on any atom is 0.325 e. The van der Waals surface area contributed by atoms with E-state index in [2.05, 4.69) is 0 Å². The van der Waals surface area contributed by atoms with Crippen LogP contribution in [0.3, 0.4) is 0 Å². The van der Waals surface area contributed by atoms with Crippen LogP contribution in [0.1, 0.15) is 25.7 Å². The molecule has 0 saturated carbocycles. The molecular weight excluding hydrogens is 263 g/mol. The summed E-state index contributed by atoms with van der Waals surface area (Å²) in [4.78, 5) is 43.8. The van der Waals surface area contributed by atoms with Crippen LogP contribution in [0.5, 0.6) is 0 Å². The van der Waals surface area contributed by atoms with Crippen molar-refractivity contribution in [2.45, 2.75) is 25.7 Å². The fraction of sp³-hybridized carbons (Fsp3) is 0.400. The van der Waals surface area contributed by atoms with Gasteiger partial charge in [-0.1, -0.05) is 0 Å². The molecule has 0 atom stereocenters. The molecule has 0 amide bonds. The number of carboxylic acid groups (broad SMARTS) is 2. The predicted octanol–water partition coefficient (Wildman–Crippen LogP) is -0.0817. The van der Waals surface area contributed by atoms with E-state index in [1.807, 2.05) is 4.98 Å². The van der Waals surface area contributed by atoms with E-state index in [0.29, 0.717) is 19.0 Å². The van der Waals surface area contributed by atoms with Crippen molar-refractivity contribution in [3.63, 3.8) is 0 Å². The van der Waals surface area contributed by atoms with E-state index in [-0.39, 0.29) is 12.8 Å². The van der Waals surface area contributed by atoms with Gasteiger partial charge >= 0.3 is 17.6 Å². The summed E-state index contributed by atoms with van der Waals surface area (Å²) in [5.41, 5.74) is -1.71. The number of carbonyl (C=O) groups is 2. The van der Waals surface area contributed by atoms with Gasteiger partial charge in [-0.15, -0.1) is 0 Å². The number of carboxylic acids is 2. The molecule has 8 nitrogen and oxygen atoms in total. The van der Waals surface area contributed by atoms with Gasteiger partial charge in [-0.3, -0.25) is 19.4 Å². The number of nitrogens with one attached hydrogen (secondary N) is 2. The lowest BCUT2D eigenvalue weighted by molar-refractivity contribution is -0.139. The highest BCUT2D eigenvalue weighted by Gasteiger charge is 1.99. The molecule has 9 heteroatoms. The number of hydrogen-bond donors (Lipinski definition) is 4. The minimum Gasteiger partial charge on any atom is -0.481 e. The molecule has 0 aliphatic rings. The first-order chi connectivity index (χ1) is 8.82. The monoisotopic (exact) mass is 276 g/mol. The highest BCUT2D eigenvalue weighted by atomic mass is 19.1. The average Bonchev–Trinajstić information content (AvgIpc) is 2.30. The number of aliphatic carboxylic acids is 2. The van der Waals surface area contributed by atoms with Crippen molar-refractivity contribution < 1.29 is 24.2 Å². The zero-order valence-corrected chi connectivity index (χ0v) is 9.81. The standard InChI is InChI=1S/C6H10O4.C4H3FN2O2/c7-5(8)3-1-2-4-6(9)10;5-2-1-6-4(9)7-3(2)8/h1-4H2,(H,7,8)(H,9,10);1H,(H2,6,7,8,9). The van der Waals surface area contributed by atoms with Crippen LogP contribution in [0.25, 0.3) is 0 Å². The van der Waals surface area contributed by atoms with E-state index in [1.165, 1.54) is 0 Å². The summed E-state index contributed by atoms with van der Waals surface area (Å²) in [6.45, 7) is 0. The van der Waals surface area contributed by atoms with Crippen molar-refractivity contribution in [2.75, 3.05) is 0 Å². The Bertz CT molecular complexity index is 519. The third-order valence-corrected chi connectivity index (χ3v) is 1.81. The lowest BCUT2D eigenvalue weighted by Crippen LogP contribution is -2.23. The summed E-state index contributed by atoms with van der Waals surface area (Å²) in [5.74, 6) is -2.73. The number of aromatic nitrogens is 2. The van der Waals surface area contributed by atoms with Crippen LogP contribution >= 0.6 is 0 Å². The highest BCUT2D eigenvalue weighted by Crippen LogP contribution is 1.98. The van der Waals surface area contributed by atoms with Crippen LogP contribution in [-0.4, -0.2) is 32.1 Å². The van der Waals surface area contributed by atoms with Gasteiger partial charge < -0.3 is 15.2 Å². The van der Waals surface area contributed by atoms with Gasteiger partial charge in [0.25, 0.3) is 5.56 Å². The lowest BCUT2D eigenvalue weighted by atomic mass is 10.2. The fourth-order valence-electron chi connectivity index (χ4n) is 0.946. The summed E-state index contributed by atoms with van der Waals surface area (Å²) in [6.07, 6.45) is 1.73. The molecule has 0 spiro atoms. The van der Waals surface area contributed by atoms with E-state index in [4.69, 9.17) is 10.2 Å². The maximum atomic E-state index is 12.0. The van der Waals surface area contributed by atoms with Gasteiger partial charge in [0, 0.05) is 19.0 Å². The number of rotatable bonds is 5. The van der Waals surface area contributed by atoms with Crippen molar-refractivity contribution in [3.05, 3.63) is 32.9 Å². The van der Waals surface area contributed by atoms with E-state index < -0.39 is 29.0 Å². The van der Waals surface area contributed by atoms with E-state index in [1.54, 1.807) is 4.98 Å². The third-order valence-electron chi connectivity index (χ3n) is 1.81. The van der Waals surface area contributed by atoms with Crippen LogP contribution in [0.2, 0.25) is 0 Å². The van der Waals surface area contributed by atoms with Crippen molar-refractivity contribution in [3.8, 4) is 0 Å². The van der Waals surface area contributed by atoms with Gasteiger partial charge in [0.05, 0.1) is 0 Å². The Labute approximate surface area is 105 Å². The van der Waals surface area contributed by atoms with Gasteiger partial charge in [0.2, 0.25) is 5.82 Å². The summed E-state index contributed by atoms with van der Waals surface area (Å²) in [5, 5.41) is 16.3. The van der Waals surface area contributed by atoms with Gasteiger partial charge in [0.1, 0.15) is 0 Å². The quantitative estimate of drug-likeness (QED) is 0.554. The molecule has 1 aromatic rings. The van der Waals surface area contributed by atoms with Crippen LogP contribution in [0.15, 0.2) is 15.8 Å². The first-order valence-corrected chi connectivity index (χ1v) is 5.24. The first kappa shape index (κ1) is 16.6. The van der Waals surface area contributed by atoms with Crippen LogP contribution in [0, 0.1) is 5.82 Å². The van der Waals surface area contributed by atoms with Crippen LogP contribution in [-0.2, 0) is 9.59 Å². The SMILES string of the molecule is O=C(O)CCCCC(=O)O.O=c1[nH]cc(F)c(=O)[nH]1. The van der Waals surface area contributed by atoms with Crippen molar-refractivity contribution in [1.29, 1.82) is 0 Å². The summed E-state index contributed by atoms with van der Waals surface area (Å²) >= 11 is 0. The second kappa shape index (κ2) is 8.61. The minimum absolute atomic E-state index is 0.0628. The summed E-state index contributed by atoms with van der Waals surface area (Å²) in [7, 11) is 0. The largest absolute Gasteiger partial charge is 0.481 e. The Morgan fingerprint density at radius 2 is 1.58 bits per heavy atom. The summed E-state index contributed by atoms with van der Waals surface area (Å²) < 4.78 is 12.0. The first-order valence-electron chi connectivity index (χ1n) is 5.24. The second-order valence-electron chi connectivity index (χ2n) is 3.41. The van der Waals surface area contributed by atoms with Crippen molar-refractivity contribution >= 4 is 11.9 Å². The average molecular weight is 276 g/mol. The number of H-pyrrole nitrogens is 2. The molecule has 0 aliphatic carbocycles. The number of hydrogen-bond acceptors (Lipinski definition) is 4. The topological polar surface area (TPSA) is 140 Å². The highest BCUT2D eigenvalue weighted by molar-refractivity contribution is 5.67. The molecule has 1 aromatic heterocycles. The third kappa shape index (κ3) is 9.27. The normalized spacial score (nSPS) is 9.32. The molecule has 1 heterocycles. The molecule has 0 radical (unpaired) electrons. The smallest absolute Gasteiger partial charge is 0.325 e. The predicted molar refractivity (Wildman–Crippen MR) is 61.4 cm³/mol. The Kier molecular flexibility index (Phi) is 7.50. The molecule has 106 valence electrons. The van der Waals surface area contributed by atoms with Crippen LogP contribution in [0.4, 0.5) is 4.39 Å². The van der Waals surface area contributed by atoms with E-state index >= 15 is 0 Å². The molecule has 0 unspecified atom stereocenters. The van der Waals surface area contributed by atoms with Crippen molar-refractivity contribution in [1.82, 2.24) is 9.97 Å². The molecule has 0 saturated heterocycles. The minimum atomic E-state index is -1.00. The number of unbranched alkanes of at least 4 members (excludes halogenated alkanes) is 1. The molecule has 1 rings (SSSR count). The van der Waals surface area contributed by atoms with E-state index in [9.17, 15) is 23.6 Å². The number of halogens is 1. The Hall–Kier alpha value is -2.45. The zero-order valence-electron chi connectivity index (χ0n) is 9.81. The van der Waals surface area contributed by atoms with Gasteiger partial charge in [-0.2, -0.15) is 4.39 Å². The second-order valence-corrected chi connectivity index (χ2v) is 3.41. The van der Waals surface area contributed by atoms with Gasteiger partial charge in [0.15, 0.2) is 0 Å². The Morgan fingerprint density at radius 1 is 1.11 bits per heavy atom.